The summed E-state index contributed by atoms with van der Waals surface area (Å²) in [5.74, 6) is -1.60. The van der Waals surface area contributed by atoms with Crippen molar-refractivity contribution in [3.8, 4) is 0 Å². The molecule has 0 N–H and O–H groups in total. The summed E-state index contributed by atoms with van der Waals surface area (Å²) in [7, 11) is 0. The zero-order valence-corrected chi connectivity index (χ0v) is 18.7. The van der Waals surface area contributed by atoms with E-state index in [0.717, 1.165) is 16.8 Å². The highest BCUT2D eigenvalue weighted by molar-refractivity contribution is 6.32. The highest BCUT2D eigenvalue weighted by atomic mass is 16.5. The lowest BCUT2D eigenvalue weighted by atomic mass is 9.65. The monoisotopic (exact) mass is 449 g/mol. The molecule has 0 saturated carbocycles. The second-order valence-corrected chi connectivity index (χ2v) is 8.93. The molecule has 0 bridgehead atoms. The van der Waals surface area contributed by atoms with Crippen LogP contribution in [0, 0.1) is 5.41 Å². The van der Waals surface area contributed by atoms with Crippen molar-refractivity contribution in [2.24, 2.45) is 5.41 Å². The average Bonchev–Trinajstić information content (AvgIpc) is 3.31. The van der Waals surface area contributed by atoms with Crippen LogP contribution in [0.4, 0.5) is 5.69 Å². The molecule has 6 rings (SSSR count). The van der Waals surface area contributed by atoms with E-state index in [1.54, 1.807) is 31.2 Å². The Morgan fingerprint density at radius 3 is 2.18 bits per heavy atom. The lowest BCUT2D eigenvalue weighted by molar-refractivity contribution is -0.145. The Labute approximate surface area is 197 Å². The number of anilines is 1. The molecule has 5 nitrogen and oxygen atoms in total. The largest absolute Gasteiger partial charge is 0.464 e. The number of benzene rings is 3. The lowest BCUT2D eigenvalue weighted by Gasteiger charge is -2.36. The SMILES string of the molecule is CCOC(=O)[C@H]1[C@H](c2ccccc2)C2(C(=O)c3ccccc3C2=O)[C@H]2C=Cc3ccccc3N12. The van der Waals surface area contributed by atoms with E-state index in [-0.39, 0.29) is 18.2 Å². The molecule has 1 saturated heterocycles. The summed E-state index contributed by atoms with van der Waals surface area (Å²) in [6.45, 7) is 1.98. The number of carbonyl (C=O) groups is 3. The fourth-order valence-electron chi connectivity index (χ4n) is 6.15. The number of carbonyl (C=O) groups excluding carboxylic acids is 3. The predicted octanol–water partition coefficient (Wildman–Crippen LogP) is 4.68. The minimum Gasteiger partial charge on any atom is -0.464 e. The van der Waals surface area contributed by atoms with Crippen LogP contribution < -0.4 is 4.90 Å². The molecule has 2 aliphatic heterocycles. The Morgan fingerprint density at radius 2 is 1.50 bits per heavy atom. The fourth-order valence-corrected chi connectivity index (χ4v) is 6.15. The summed E-state index contributed by atoms with van der Waals surface area (Å²) < 4.78 is 5.56. The quantitative estimate of drug-likeness (QED) is 0.429. The zero-order valence-electron chi connectivity index (χ0n) is 18.7. The molecule has 2 heterocycles. The number of ether oxygens (including phenoxy) is 1. The lowest BCUT2D eigenvalue weighted by Crippen LogP contribution is -2.48. The van der Waals surface area contributed by atoms with Gasteiger partial charge in [-0.1, -0.05) is 84.9 Å². The van der Waals surface area contributed by atoms with Crippen LogP contribution in [-0.4, -0.2) is 36.2 Å². The number of fused-ring (bicyclic) bond motifs is 5. The third-order valence-corrected chi connectivity index (χ3v) is 7.40. The Kier molecular flexibility index (Phi) is 4.56. The van der Waals surface area contributed by atoms with Crippen LogP contribution in [0.3, 0.4) is 0 Å². The van der Waals surface area contributed by atoms with Crippen LogP contribution in [0.5, 0.6) is 0 Å². The van der Waals surface area contributed by atoms with Crippen molar-refractivity contribution in [3.05, 3.63) is 107 Å². The number of Topliss-reactive ketones (excluding diaryl/α,β-unsaturated/α-hetero) is 2. The Hall–Kier alpha value is -3.99. The topological polar surface area (TPSA) is 63.7 Å². The second kappa shape index (κ2) is 7.52. The van der Waals surface area contributed by atoms with Gasteiger partial charge in [-0.15, -0.1) is 0 Å². The van der Waals surface area contributed by atoms with Gasteiger partial charge in [0, 0.05) is 22.7 Å². The van der Waals surface area contributed by atoms with Crippen LogP contribution in [0.2, 0.25) is 0 Å². The van der Waals surface area contributed by atoms with Gasteiger partial charge in [0.25, 0.3) is 0 Å². The van der Waals surface area contributed by atoms with Gasteiger partial charge in [-0.05, 0) is 24.1 Å². The van der Waals surface area contributed by atoms with Crippen LogP contribution in [0.1, 0.15) is 44.7 Å². The molecule has 0 radical (unpaired) electrons. The third kappa shape index (κ3) is 2.52. The normalized spacial score (nSPS) is 23.6. The van der Waals surface area contributed by atoms with Gasteiger partial charge in [-0.25, -0.2) is 4.79 Å². The van der Waals surface area contributed by atoms with Gasteiger partial charge in [0.05, 0.1) is 12.6 Å². The van der Waals surface area contributed by atoms with Crippen molar-refractivity contribution >= 4 is 29.3 Å². The number of nitrogens with zero attached hydrogens (tertiary/aromatic N) is 1. The highest BCUT2D eigenvalue weighted by Crippen LogP contribution is 2.60. The number of ketones is 2. The first-order valence-electron chi connectivity index (χ1n) is 11.6. The van der Waals surface area contributed by atoms with Gasteiger partial charge in [0.15, 0.2) is 11.6 Å². The minimum atomic E-state index is -1.47. The van der Waals surface area contributed by atoms with E-state index in [0.29, 0.717) is 11.1 Å². The molecule has 0 amide bonds. The first-order valence-corrected chi connectivity index (χ1v) is 11.6. The summed E-state index contributed by atoms with van der Waals surface area (Å²) in [4.78, 5) is 44.1. The predicted molar refractivity (Wildman–Crippen MR) is 129 cm³/mol. The average molecular weight is 450 g/mol. The molecule has 1 spiro atoms. The van der Waals surface area contributed by atoms with Gasteiger partial charge < -0.3 is 9.64 Å². The molecule has 3 aromatic rings. The van der Waals surface area contributed by atoms with E-state index < -0.39 is 29.4 Å². The number of rotatable bonds is 3. The second-order valence-electron chi connectivity index (χ2n) is 8.93. The number of esters is 1. The molecule has 1 fully saturated rings. The van der Waals surface area contributed by atoms with Crippen molar-refractivity contribution in [1.29, 1.82) is 0 Å². The summed E-state index contributed by atoms with van der Waals surface area (Å²) in [5, 5.41) is 0. The third-order valence-electron chi connectivity index (χ3n) is 7.40. The smallest absolute Gasteiger partial charge is 0.329 e. The van der Waals surface area contributed by atoms with Crippen LogP contribution >= 0.6 is 0 Å². The maximum Gasteiger partial charge on any atom is 0.329 e. The first-order chi connectivity index (χ1) is 16.6. The van der Waals surface area contributed by atoms with Crippen LogP contribution in [-0.2, 0) is 9.53 Å². The molecule has 3 aliphatic rings. The van der Waals surface area contributed by atoms with E-state index in [9.17, 15) is 14.4 Å². The van der Waals surface area contributed by atoms with Gasteiger partial charge in [-0.2, -0.15) is 0 Å². The molecule has 168 valence electrons. The summed E-state index contributed by atoms with van der Waals surface area (Å²) in [5.41, 5.74) is 1.91. The summed E-state index contributed by atoms with van der Waals surface area (Å²) in [6, 6.07) is 22.7. The van der Waals surface area contributed by atoms with E-state index in [2.05, 4.69) is 0 Å². The molecule has 0 unspecified atom stereocenters. The standard InChI is InChI=1S/C29H23NO4/c1-2-34-28(33)25-24(19-11-4-3-5-12-19)29(26(31)20-13-7-8-14-21(20)27(29)32)23-17-16-18-10-6-9-15-22(18)30(23)25/h3-17,23-25H,2H2,1H3/t23-,24+,25-/m1/s1. The van der Waals surface area contributed by atoms with Crippen LogP contribution in [0.25, 0.3) is 6.08 Å². The van der Waals surface area contributed by atoms with Crippen molar-refractivity contribution in [2.75, 3.05) is 11.5 Å². The molecule has 1 aliphatic carbocycles. The van der Waals surface area contributed by atoms with Gasteiger partial charge in [0.1, 0.15) is 11.5 Å². The summed E-state index contributed by atoms with van der Waals surface area (Å²) in [6.07, 6.45) is 3.87. The maximum atomic E-state index is 14.3. The molecule has 3 aromatic carbocycles. The number of hydrogen-bond donors (Lipinski definition) is 0. The number of hydrogen-bond acceptors (Lipinski definition) is 5. The molecular weight excluding hydrogens is 426 g/mol. The Bertz CT molecular complexity index is 1320. The van der Waals surface area contributed by atoms with E-state index >= 15 is 0 Å². The molecule has 3 atom stereocenters. The first kappa shape index (κ1) is 20.6. The van der Waals surface area contributed by atoms with Gasteiger partial charge >= 0.3 is 5.97 Å². The van der Waals surface area contributed by atoms with E-state index in [1.807, 2.05) is 71.6 Å². The molecular formula is C29H23NO4. The molecule has 0 aromatic heterocycles. The van der Waals surface area contributed by atoms with Gasteiger partial charge in [0.2, 0.25) is 0 Å². The van der Waals surface area contributed by atoms with Crippen molar-refractivity contribution in [3.63, 3.8) is 0 Å². The molecule has 5 heteroatoms. The Balaban J connectivity index is 1.68. The van der Waals surface area contributed by atoms with E-state index in [4.69, 9.17) is 4.74 Å². The summed E-state index contributed by atoms with van der Waals surface area (Å²) >= 11 is 0. The maximum absolute atomic E-state index is 14.3. The van der Waals surface area contributed by atoms with Gasteiger partial charge in [-0.3, -0.25) is 9.59 Å². The zero-order chi connectivity index (χ0) is 23.4. The number of para-hydroxylation sites is 1. The Morgan fingerprint density at radius 1 is 0.882 bits per heavy atom. The minimum absolute atomic E-state index is 0.210. The van der Waals surface area contributed by atoms with Crippen molar-refractivity contribution in [2.45, 2.75) is 24.9 Å². The van der Waals surface area contributed by atoms with Crippen molar-refractivity contribution in [1.82, 2.24) is 0 Å². The van der Waals surface area contributed by atoms with Crippen molar-refractivity contribution < 1.29 is 19.1 Å². The van der Waals surface area contributed by atoms with E-state index in [1.165, 1.54) is 0 Å². The molecule has 34 heavy (non-hydrogen) atoms. The fraction of sp³-hybridized carbons (Fsp3) is 0.207. The van der Waals surface area contributed by atoms with Crippen LogP contribution in [0.15, 0.2) is 84.9 Å². The highest BCUT2D eigenvalue weighted by Gasteiger charge is 2.71.